The van der Waals surface area contributed by atoms with Crippen LogP contribution in [0.1, 0.15) is 13.8 Å². The van der Waals surface area contributed by atoms with Crippen molar-refractivity contribution in [2.45, 2.75) is 19.4 Å². The molecule has 17 heavy (non-hydrogen) atoms. The minimum atomic E-state index is -1.25. The van der Waals surface area contributed by atoms with Gasteiger partial charge in [-0.15, -0.1) is 13.2 Å². The summed E-state index contributed by atoms with van der Waals surface area (Å²) in [6.45, 7) is 10.8. The van der Waals surface area contributed by atoms with Gasteiger partial charge in [-0.1, -0.05) is 12.2 Å². The summed E-state index contributed by atoms with van der Waals surface area (Å²) in [5, 5.41) is 9.05. The minimum absolute atomic E-state index is 0.352. The quantitative estimate of drug-likeness (QED) is 0.717. The van der Waals surface area contributed by atoms with E-state index in [1.165, 1.54) is 30.7 Å². The van der Waals surface area contributed by atoms with Crippen molar-refractivity contribution >= 4 is 12.0 Å². The van der Waals surface area contributed by atoms with Crippen molar-refractivity contribution < 1.29 is 14.7 Å². The maximum atomic E-state index is 12.1. The van der Waals surface area contributed by atoms with Crippen molar-refractivity contribution in [1.29, 1.82) is 0 Å². The van der Waals surface area contributed by atoms with E-state index < -0.39 is 11.5 Å². The van der Waals surface area contributed by atoms with Crippen LogP contribution in [0.25, 0.3) is 0 Å². The van der Waals surface area contributed by atoms with Crippen molar-refractivity contribution in [2.75, 3.05) is 20.1 Å². The highest BCUT2D eigenvalue weighted by molar-refractivity contribution is 5.85. The minimum Gasteiger partial charge on any atom is -0.480 e. The maximum Gasteiger partial charge on any atom is 0.329 e. The fourth-order valence-electron chi connectivity index (χ4n) is 1.14. The Bertz CT molecular complexity index is 314. The molecule has 5 heteroatoms. The van der Waals surface area contributed by atoms with Crippen molar-refractivity contribution in [2.24, 2.45) is 0 Å². The zero-order valence-corrected chi connectivity index (χ0v) is 10.6. The summed E-state index contributed by atoms with van der Waals surface area (Å²) >= 11 is 0. The number of urea groups is 1. The summed E-state index contributed by atoms with van der Waals surface area (Å²) < 4.78 is 0. The molecule has 0 aliphatic heterocycles. The van der Waals surface area contributed by atoms with E-state index in [1.807, 2.05) is 0 Å². The van der Waals surface area contributed by atoms with Crippen molar-refractivity contribution in [1.82, 2.24) is 9.80 Å². The van der Waals surface area contributed by atoms with Crippen LogP contribution >= 0.6 is 0 Å². The molecule has 0 aliphatic rings. The third-order valence-electron chi connectivity index (χ3n) is 2.62. The van der Waals surface area contributed by atoms with E-state index in [-0.39, 0.29) is 6.03 Å². The Morgan fingerprint density at radius 3 is 1.94 bits per heavy atom. The Labute approximate surface area is 102 Å². The van der Waals surface area contributed by atoms with Crippen LogP contribution in [-0.2, 0) is 4.79 Å². The fourth-order valence-corrected chi connectivity index (χ4v) is 1.14. The number of carbonyl (C=O) groups excluding carboxylic acids is 1. The number of amides is 2. The zero-order valence-electron chi connectivity index (χ0n) is 10.6. The lowest BCUT2D eigenvalue weighted by Crippen LogP contribution is -2.55. The number of hydrogen-bond donors (Lipinski definition) is 1. The second-order valence-electron chi connectivity index (χ2n) is 4.19. The van der Waals surface area contributed by atoms with Crippen LogP contribution in [0, 0.1) is 0 Å². The predicted octanol–water partition coefficient (Wildman–Crippen LogP) is 1.58. The van der Waals surface area contributed by atoms with Crippen LogP contribution in [0.2, 0.25) is 0 Å². The summed E-state index contributed by atoms with van der Waals surface area (Å²) in [5.74, 6) is -1.05. The molecule has 0 aromatic heterocycles. The summed E-state index contributed by atoms with van der Waals surface area (Å²) in [5.41, 5.74) is -1.25. The van der Waals surface area contributed by atoms with Crippen LogP contribution < -0.4 is 0 Å². The summed E-state index contributed by atoms with van der Waals surface area (Å²) in [4.78, 5) is 25.8. The van der Waals surface area contributed by atoms with E-state index in [9.17, 15) is 9.59 Å². The first kappa shape index (κ1) is 15.2. The Morgan fingerprint density at radius 1 is 1.24 bits per heavy atom. The molecule has 96 valence electrons. The number of likely N-dealkylation sites (N-methyl/N-ethyl adjacent to an activating group) is 1. The monoisotopic (exact) mass is 240 g/mol. The Balaban J connectivity index is 4.93. The van der Waals surface area contributed by atoms with E-state index >= 15 is 0 Å². The average molecular weight is 240 g/mol. The summed E-state index contributed by atoms with van der Waals surface area (Å²) in [6.07, 6.45) is 3.17. The van der Waals surface area contributed by atoms with Crippen LogP contribution in [-0.4, -0.2) is 52.6 Å². The number of rotatable bonds is 6. The first-order chi connectivity index (χ1) is 7.78. The number of carbonyl (C=O) groups is 2. The molecule has 0 bridgehead atoms. The number of hydrogen-bond acceptors (Lipinski definition) is 2. The van der Waals surface area contributed by atoms with E-state index in [1.54, 1.807) is 12.2 Å². The van der Waals surface area contributed by atoms with Gasteiger partial charge in [0, 0.05) is 20.1 Å². The third kappa shape index (κ3) is 3.62. The van der Waals surface area contributed by atoms with Gasteiger partial charge in [0.15, 0.2) is 0 Å². The molecule has 0 radical (unpaired) electrons. The van der Waals surface area contributed by atoms with Crippen LogP contribution in [0.15, 0.2) is 25.3 Å². The standard InChI is InChI=1S/C12H20N2O3/c1-6-8-14(9-7-2)11(17)13(5)12(3,4)10(15)16/h6-7H,1-2,8-9H2,3-5H3,(H,15,16). The fraction of sp³-hybridized carbons (Fsp3) is 0.500. The van der Waals surface area contributed by atoms with Crippen molar-refractivity contribution in [3.8, 4) is 0 Å². The molecule has 0 heterocycles. The first-order valence-electron chi connectivity index (χ1n) is 5.27. The van der Waals surface area contributed by atoms with Crippen LogP contribution in [0.5, 0.6) is 0 Å². The van der Waals surface area contributed by atoms with Gasteiger partial charge in [0.1, 0.15) is 5.54 Å². The topological polar surface area (TPSA) is 60.9 Å². The molecule has 0 aliphatic carbocycles. The largest absolute Gasteiger partial charge is 0.480 e. The molecular weight excluding hydrogens is 220 g/mol. The SMILES string of the molecule is C=CCN(CC=C)C(=O)N(C)C(C)(C)C(=O)O. The van der Waals surface area contributed by atoms with Crippen LogP contribution in [0.4, 0.5) is 4.79 Å². The van der Waals surface area contributed by atoms with Crippen LogP contribution in [0.3, 0.4) is 0 Å². The molecule has 1 N–H and O–H groups in total. The molecule has 0 saturated heterocycles. The second kappa shape index (κ2) is 6.08. The van der Waals surface area contributed by atoms with Crippen molar-refractivity contribution in [3.63, 3.8) is 0 Å². The summed E-state index contributed by atoms with van der Waals surface area (Å²) in [6, 6.07) is -0.364. The van der Waals surface area contributed by atoms with Gasteiger partial charge in [0.05, 0.1) is 0 Å². The molecular formula is C12H20N2O3. The molecule has 2 amide bonds. The number of nitrogens with zero attached hydrogens (tertiary/aromatic N) is 2. The highest BCUT2D eigenvalue weighted by atomic mass is 16.4. The number of carboxylic acids is 1. The molecule has 0 aromatic rings. The highest BCUT2D eigenvalue weighted by Gasteiger charge is 2.36. The smallest absolute Gasteiger partial charge is 0.329 e. The van der Waals surface area contributed by atoms with Gasteiger partial charge in [-0.3, -0.25) is 0 Å². The van der Waals surface area contributed by atoms with Gasteiger partial charge in [-0.25, -0.2) is 9.59 Å². The first-order valence-corrected chi connectivity index (χ1v) is 5.27. The zero-order chi connectivity index (χ0) is 13.6. The molecule has 0 unspecified atom stereocenters. The highest BCUT2D eigenvalue weighted by Crippen LogP contribution is 2.14. The maximum absolute atomic E-state index is 12.1. The van der Waals surface area contributed by atoms with Gasteiger partial charge in [-0.2, -0.15) is 0 Å². The second-order valence-corrected chi connectivity index (χ2v) is 4.19. The van der Waals surface area contributed by atoms with Gasteiger partial charge < -0.3 is 14.9 Å². The van der Waals surface area contributed by atoms with Gasteiger partial charge >= 0.3 is 12.0 Å². The van der Waals surface area contributed by atoms with Gasteiger partial charge in [0.25, 0.3) is 0 Å². The number of carboxylic acid groups (broad SMARTS) is 1. The van der Waals surface area contributed by atoms with Crippen molar-refractivity contribution in [3.05, 3.63) is 25.3 Å². The average Bonchev–Trinajstić information content (AvgIpc) is 2.26. The molecule has 0 atom stereocenters. The summed E-state index contributed by atoms with van der Waals surface area (Å²) in [7, 11) is 1.47. The molecule has 0 saturated carbocycles. The molecule has 0 spiro atoms. The normalized spacial score (nSPS) is 10.5. The number of aliphatic carboxylic acids is 1. The Hall–Kier alpha value is -1.78. The van der Waals surface area contributed by atoms with E-state index in [4.69, 9.17) is 5.11 Å². The molecule has 0 fully saturated rings. The van der Waals surface area contributed by atoms with E-state index in [2.05, 4.69) is 13.2 Å². The lowest BCUT2D eigenvalue weighted by atomic mass is 10.0. The predicted molar refractivity (Wildman–Crippen MR) is 66.8 cm³/mol. The molecule has 5 nitrogen and oxygen atoms in total. The Kier molecular flexibility index (Phi) is 5.44. The van der Waals surface area contributed by atoms with Gasteiger partial charge in [-0.05, 0) is 13.8 Å². The Morgan fingerprint density at radius 2 is 1.65 bits per heavy atom. The van der Waals surface area contributed by atoms with E-state index in [0.717, 1.165) is 0 Å². The lowest BCUT2D eigenvalue weighted by Gasteiger charge is -2.35. The lowest BCUT2D eigenvalue weighted by molar-refractivity contribution is -0.147. The third-order valence-corrected chi connectivity index (χ3v) is 2.62. The van der Waals surface area contributed by atoms with E-state index in [0.29, 0.717) is 13.1 Å². The molecule has 0 aromatic carbocycles. The van der Waals surface area contributed by atoms with Gasteiger partial charge in [0.2, 0.25) is 0 Å². The molecule has 0 rings (SSSR count).